The number of aromatic nitrogens is 4. The van der Waals surface area contributed by atoms with E-state index in [0.717, 1.165) is 22.8 Å². The molecule has 0 spiro atoms. The summed E-state index contributed by atoms with van der Waals surface area (Å²) in [6.45, 7) is 0.538. The highest BCUT2D eigenvalue weighted by atomic mass is 19.1. The van der Waals surface area contributed by atoms with Crippen LogP contribution in [0, 0.1) is 0 Å². The van der Waals surface area contributed by atoms with E-state index in [1.54, 1.807) is 26.5 Å². The molecular weight excluding hydrogens is 413 g/mol. The smallest absolute Gasteiger partial charge is 0.233 e. The van der Waals surface area contributed by atoms with E-state index >= 15 is 0 Å². The quantitative estimate of drug-likeness (QED) is 0.453. The van der Waals surface area contributed by atoms with E-state index in [1.165, 1.54) is 0 Å². The molecule has 0 radical (unpaired) electrons. The second kappa shape index (κ2) is 8.41. The molecule has 8 nitrogen and oxygen atoms in total. The molecule has 0 N–H and O–H groups in total. The predicted octanol–water partition coefficient (Wildman–Crippen LogP) is 3.72. The average molecular weight is 435 g/mol. The van der Waals surface area contributed by atoms with Gasteiger partial charge in [0.1, 0.15) is 18.6 Å². The Morgan fingerprint density at radius 1 is 1.00 bits per heavy atom. The van der Waals surface area contributed by atoms with Crippen molar-refractivity contribution in [3.63, 3.8) is 0 Å². The van der Waals surface area contributed by atoms with Crippen molar-refractivity contribution in [2.75, 3.05) is 32.2 Å². The topological polar surface area (TPSA) is 82.5 Å². The Hall–Kier alpha value is -3.75. The number of rotatable bonds is 6. The van der Waals surface area contributed by atoms with E-state index in [9.17, 15) is 4.39 Å². The van der Waals surface area contributed by atoms with Crippen LogP contribution in [0.2, 0.25) is 0 Å². The Morgan fingerprint density at radius 2 is 1.78 bits per heavy atom. The molecule has 1 aliphatic rings. The van der Waals surface area contributed by atoms with Crippen molar-refractivity contribution in [3.05, 3.63) is 48.4 Å². The van der Waals surface area contributed by atoms with Gasteiger partial charge in [-0.3, -0.25) is 0 Å². The maximum atomic E-state index is 13.5. The first kappa shape index (κ1) is 20.2. The molecule has 2 aromatic carbocycles. The number of hydrogen-bond acceptors (Lipinski definition) is 8. The number of alkyl halides is 1. The molecule has 4 aromatic rings. The number of halogens is 1. The number of ether oxygens (including phenoxy) is 3. The number of hydrogen-bond donors (Lipinski definition) is 0. The Labute approximate surface area is 184 Å². The molecule has 3 heterocycles. The summed E-state index contributed by atoms with van der Waals surface area (Å²) in [5.41, 5.74) is 2.21. The highest BCUT2D eigenvalue weighted by Crippen LogP contribution is 2.36. The predicted molar refractivity (Wildman–Crippen MR) is 118 cm³/mol. The highest BCUT2D eigenvalue weighted by molar-refractivity contribution is 5.92. The van der Waals surface area contributed by atoms with Crippen LogP contribution in [0.4, 0.5) is 10.2 Å². The Bertz CT molecular complexity index is 1290. The van der Waals surface area contributed by atoms with Crippen LogP contribution in [-0.2, 0) is 6.67 Å². The van der Waals surface area contributed by atoms with Crippen molar-refractivity contribution in [1.29, 1.82) is 0 Å². The monoisotopic (exact) mass is 435 g/mol. The Balaban J connectivity index is 1.43. The zero-order chi connectivity index (χ0) is 22.1. The summed E-state index contributed by atoms with van der Waals surface area (Å²) in [6, 6.07) is 11.2. The summed E-state index contributed by atoms with van der Waals surface area (Å²) in [7, 11) is 3.13. The molecule has 1 fully saturated rings. The van der Waals surface area contributed by atoms with Crippen LogP contribution in [0.15, 0.2) is 42.6 Å². The Kier molecular flexibility index (Phi) is 5.30. The van der Waals surface area contributed by atoms with E-state index in [0.29, 0.717) is 41.8 Å². The van der Waals surface area contributed by atoms with Gasteiger partial charge in [-0.2, -0.15) is 0 Å². The van der Waals surface area contributed by atoms with Crippen LogP contribution in [0.3, 0.4) is 0 Å². The van der Waals surface area contributed by atoms with E-state index in [2.05, 4.69) is 24.8 Å². The minimum atomic E-state index is -0.752. The zero-order valence-electron chi connectivity index (χ0n) is 17.8. The number of benzene rings is 2. The fraction of sp³-hybridized carbons (Fsp3) is 0.304. The first-order valence-electron chi connectivity index (χ1n) is 10.3. The van der Waals surface area contributed by atoms with E-state index < -0.39 is 6.67 Å². The highest BCUT2D eigenvalue weighted by Gasteiger charge is 2.28. The summed E-state index contributed by atoms with van der Waals surface area (Å²) in [5, 5.41) is 0.769. The number of fused-ring (bicyclic) bond motifs is 2. The number of methoxy groups -OCH3 is 2. The summed E-state index contributed by atoms with van der Waals surface area (Å²) >= 11 is 0. The lowest BCUT2D eigenvalue weighted by Crippen LogP contribution is -2.26. The molecule has 1 aliphatic heterocycles. The SMILES string of the molecule is COc1cc2nc(CF)nc(N3CC[C@@H](Oc4cnc5ccccc5n4)C3)c2cc1OC. The average Bonchev–Trinajstić information content (AvgIpc) is 3.30. The van der Waals surface area contributed by atoms with Gasteiger partial charge in [0.05, 0.1) is 43.5 Å². The molecule has 2 aromatic heterocycles. The fourth-order valence-electron chi connectivity index (χ4n) is 3.97. The Morgan fingerprint density at radius 3 is 2.56 bits per heavy atom. The minimum absolute atomic E-state index is 0.0931. The third-order valence-electron chi connectivity index (χ3n) is 5.51. The summed E-state index contributed by atoms with van der Waals surface area (Å²) < 4.78 is 30.4. The molecule has 9 heteroatoms. The van der Waals surface area contributed by atoms with Gasteiger partial charge in [0.2, 0.25) is 5.88 Å². The summed E-state index contributed by atoms with van der Waals surface area (Å²) in [6.07, 6.45) is 2.33. The number of nitrogens with zero attached hydrogens (tertiary/aromatic N) is 5. The van der Waals surface area contributed by atoms with Crippen LogP contribution in [0.25, 0.3) is 21.9 Å². The normalized spacial score (nSPS) is 16.0. The van der Waals surface area contributed by atoms with Crippen LogP contribution in [0.1, 0.15) is 12.2 Å². The molecule has 5 rings (SSSR count). The van der Waals surface area contributed by atoms with Gasteiger partial charge in [-0.05, 0) is 18.2 Å². The van der Waals surface area contributed by atoms with Gasteiger partial charge in [0, 0.05) is 24.4 Å². The molecule has 32 heavy (non-hydrogen) atoms. The van der Waals surface area contributed by atoms with E-state index in [4.69, 9.17) is 14.2 Å². The van der Waals surface area contributed by atoms with Gasteiger partial charge < -0.3 is 19.1 Å². The second-order valence-electron chi connectivity index (χ2n) is 7.49. The van der Waals surface area contributed by atoms with Crippen molar-refractivity contribution >= 4 is 27.8 Å². The van der Waals surface area contributed by atoms with Gasteiger partial charge in [-0.25, -0.2) is 24.3 Å². The molecule has 0 unspecified atom stereocenters. The van der Waals surface area contributed by atoms with Crippen LogP contribution >= 0.6 is 0 Å². The first-order chi connectivity index (χ1) is 15.7. The van der Waals surface area contributed by atoms with Crippen molar-refractivity contribution in [2.45, 2.75) is 19.2 Å². The number of para-hydroxylation sites is 2. The largest absolute Gasteiger partial charge is 0.493 e. The van der Waals surface area contributed by atoms with Gasteiger partial charge in [0.15, 0.2) is 17.3 Å². The summed E-state index contributed by atoms with van der Waals surface area (Å²) in [4.78, 5) is 19.8. The van der Waals surface area contributed by atoms with Crippen molar-refractivity contribution in [2.24, 2.45) is 0 Å². The fourth-order valence-corrected chi connectivity index (χ4v) is 3.97. The van der Waals surface area contributed by atoms with Crippen LogP contribution < -0.4 is 19.1 Å². The van der Waals surface area contributed by atoms with Crippen molar-refractivity contribution < 1.29 is 18.6 Å². The van der Waals surface area contributed by atoms with E-state index in [1.807, 2.05) is 30.3 Å². The molecule has 1 saturated heterocycles. The summed E-state index contributed by atoms with van der Waals surface area (Å²) in [5.74, 6) is 2.37. The number of anilines is 1. The van der Waals surface area contributed by atoms with Crippen molar-refractivity contribution in [1.82, 2.24) is 19.9 Å². The van der Waals surface area contributed by atoms with Crippen molar-refractivity contribution in [3.8, 4) is 17.4 Å². The first-order valence-corrected chi connectivity index (χ1v) is 10.3. The lowest BCUT2D eigenvalue weighted by Gasteiger charge is -2.21. The molecule has 0 aliphatic carbocycles. The molecule has 0 saturated carbocycles. The zero-order valence-corrected chi connectivity index (χ0v) is 17.8. The van der Waals surface area contributed by atoms with Gasteiger partial charge >= 0.3 is 0 Å². The maximum absolute atomic E-state index is 13.5. The van der Waals surface area contributed by atoms with Crippen LogP contribution in [-0.4, -0.2) is 53.3 Å². The lowest BCUT2D eigenvalue weighted by atomic mass is 10.2. The molecule has 0 bridgehead atoms. The standard InChI is InChI=1S/C23H22FN5O3/c1-30-19-9-15-18(10-20(19)31-2)26-21(11-24)28-23(15)29-8-7-14(13-29)32-22-12-25-16-5-3-4-6-17(16)27-22/h3-6,9-10,12,14H,7-8,11,13H2,1-2H3/t14-/m1/s1. The maximum Gasteiger partial charge on any atom is 0.233 e. The molecule has 1 atom stereocenters. The minimum Gasteiger partial charge on any atom is -0.493 e. The van der Waals surface area contributed by atoms with E-state index in [-0.39, 0.29) is 11.9 Å². The third kappa shape index (κ3) is 3.70. The van der Waals surface area contributed by atoms with Crippen LogP contribution in [0.5, 0.6) is 17.4 Å². The van der Waals surface area contributed by atoms with Gasteiger partial charge in [0.25, 0.3) is 0 Å². The lowest BCUT2D eigenvalue weighted by molar-refractivity contribution is 0.216. The second-order valence-corrected chi connectivity index (χ2v) is 7.49. The molecule has 164 valence electrons. The van der Waals surface area contributed by atoms with Gasteiger partial charge in [-0.1, -0.05) is 12.1 Å². The third-order valence-corrected chi connectivity index (χ3v) is 5.51. The van der Waals surface area contributed by atoms with Gasteiger partial charge in [-0.15, -0.1) is 0 Å². The molecule has 0 amide bonds. The molecular formula is C23H22FN5O3.